The molecule has 1 aromatic carbocycles. The highest BCUT2D eigenvalue weighted by molar-refractivity contribution is 6.34. The molecular weight excluding hydrogens is 443 g/mol. The van der Waals surface area contributed by atoms with Crippen molar-refractivity contribution in [2.24, 2.45) is 0 Å². The van der Waals surface area contributed by atoms with Crippen LogP contribution in [-0.2, 0) is 14.3 Å². The van der Waals surface area contributed by atoms with Crippen LogP contribution in [0.3, 0.4) is 0 Å². The zero-order valence-corrected chi connectivity index (χ0v) is 19.0. The fraction of sp³-hybridized carbons (Fsp3) is 0.375. The van der Waals surface area contributed by atoms with E-state index in [9.17, 15) is 23.9 Å². The van der Waals surface area contributed by atoms with Crippen molar-refractivity contribution in [2.45, 2.75) is 26.4 Å². The number of aromatic nitrogens is 1. The van der Waals surface area contributed by atoms with Gasteiger partial charge in [0, 0.05) is 42.3 Å². The van der Waals surface area contributed by atoms with Gasteiger partial charge in [0.15, 0.2) is 0 Å². The van der Waals surface area contributed by atoms with Gasteiger partial charge in [0.05, 0.1) is 36.9 Å². The van der Waals surface area contributed by atoms with Crippen molar-refractivity contribution in [1.29, 1.82) is 0 Å². The smallest absolute Gasteiger partial charge is 0.256 e. The average molecular weight is 471 g/mol. The van der Waals surface area contributed by atoms with E-state index in [-0.39, 0.29) is 24.8 Å². The first-order valence-electron chi connectivity index (χ1n) is 11.1. The standard InChI is InChI=1S/C24H27FN4O5/c1-13-20(11-18-17-9-15(25)3-4-19(17)28-23(18)32)27-14(2)22(13)24(33)26-12-16(30)10-21(31)29-5-7-34-8-6-29/h3-4,9,11,16,27,30H,5-8,10,12H2,1-2H3,(H,26,33)(H,28,32)/b18-11-. The van der Waals surface area contributed by atoms with E-state index in [1.807, 2.05) is 0 Å². The number of aryl methyl sites for hydroxylation is 1. The molecular formula is C24H27FN4O5. The number of anilines is 1. The molecule has 2 aromatic rings. The molecule has 1 fully saturated rings. The maximum Gasteiger partial charge on any atom is 0.256 e. The Labute approximate surface area is 196 Å². The van der Waals surface area contributed by atoms with Gasteiger partial charge in [0.2, 0.25) is 5.91 Å². The normalized spacial score (nSPS) is 17.5. The van der Waals surface area contributed by atoms with Crippen LogP contribution in [0.5, 0.6) is 0 Å². The van der Waals surface area contributed by atoms with Crippen LogP contribution in [0.2, 0.25) is 0 Å². The van der Waals surface area contributed by atoms with Crippen molar-refractivity contribution in [1.82, 2.24) is 15.2 Å². The number of aromatic amines is 1. The van der Waals surface area contributed by atoms with Gasteiger partial charge >= 0.3 is 0 Å². The highest BCUT2D eigenvalue weighted by atomic mass is 19.1. The maximum atomic E-state index is 13.7. The highest BCUT2D eigenvalue weighted by Gasteiger charge is 2.26. The molecule has 4 N–H and O–H groups in total. The molecule has 2 aliphatic rings. The van der Waals surface area contributed by atoms with Crippen LogP contribution in [0, 0.1) is 19.7 Å². The number of aliphatic hydroxyl groups is 1. The van der Waals surface area contributed by atoms with Crippen molar-refractivity contribution in [3.8, 4) is 0 Å². The van der Waals surface area contributed by atoms with E-state index in [2.05, 4.69) is 15.6 Å². The van der Waals surface area contributed by atoms with Gasteiger partial charge in [0.25, 0.3) is 11.8 Å². The number of H-pyrrole nitrogens is 1. The first-order chi connectivity index (χ1) is 16.2. The van der Waals surface area contributed by atoms with Crippen molar-refractivity contribution >= 4 is 35.1 Å². The third kappa shape index (κ3) is 4.87. The number of rotatable bonds is 6. The predicted octanol–water partition coefficient (Wildman–Crippen LogP) is 1.60. The number of hydrogen-bond donors (Lipinski definition) is 4. The first-order valence-corrected chi connectivity index (χ1v) is 11.1. The summed E-state index contributed by atoms with van der Waals surface area (Å²) in [4.78, 5) is 42.2. The number of hydrogen-bond acceptors (Lipinski definition) is 5. The number of carbonyl (C=O) groups is 3. The number of morpholine rings is 1. The molecule has 4 rings (SSSR count). The maximum absolute atomic E-state index is 13.7. The summed E-state index contributed by atoms with van der Waals surface area (Å²) in [6.07, 6.45) is 0.484. The van der Waals surface area contributed by atoms with Crippen LogP contribution in [0.4, 0.5) is 10.1 Å². The summed E-state index contributed by atoms with van der Waals surface area (Å²) in [5, 5.41) is 15.6. The van der Waals surface area contributed by atoms with E-state index < -0.39 is 17.8 Å². The fourth-order valence-corrected chi connectivity index (χ4v) is 4.22. The molecule has 10 heteroatoms. The zero-order chi connectivity index (χ0) is 24.4. The van der Waals surface area contributed by atoms with Crippen molar-refractivity contribution in [3.05, 3.63) is 52.1 Å². The summed E-state index contributed by atoms with van der Waals surface area (Å²) in [6.45, 7) is 5.33. The Kier molecular flexibility index (Phi) is 6.80. The lowest BCUT2D eigenvalue weighted by Crippen LogP contribution is -2.43. The summed E-state index contributed by atoms with van der Waals surface area (Å²) < 4.78 is 18.9. The van der Waals surface area contributed by atoms with Gasteiger partial charge in [-0.1, -0.05) is 0 Å². The van der Waals surface area contributed by atoms with E-state index in [1.165, 1.54) is 18.2 Å². The minimum absolute atomic E-state index is 0.0789. The summed E-state index contributed by atoms with van der Waals surface area (Å²) in [6, 6.07) is 4.07. The van der Waals surface area contributed by atoms with Crippen LogP contribution in [0.25, 0.3) is 11.6 Å². The van der Waals surface area contributed by atoms with Crippen molar-refractivity contribution in [2.75, 3.05) is 38.2 Å². The van der Waals surface area contributed by atoms with E-state index in [0.29, 0.717) is 65.6 Å². The van der Waals surface area contributed by atoms with E-state index >= 15 is 0 Å². The topological polar surface area (TPSA) is 124 Å². The van der Waals surface area contributed by atoms with Crippen LogP contribution < -0.4 is 10.6 Å². The number of ether oxygens (including phenoxy) is 1. The molecule has 180 valence electrons. The molecule has 9 nitrogen and oxygen atoms in total. The zero-order valence-electron chi connectivity index (χ0n) is 19.0. The lowest BCUT2D eigenvalue weighted by atomic mass is 10.0. The SMILES string of the molecule is Cc1[nH]c(/C=C2\C(=O)Nc3ccc(F)cc32)c(C)c1C(=O)NCC(O)CC(=O)N1CCOCC1. The molecule has 3 heterocycles. The monoisotopic (exact) mass is 470 g/mol. The van der Waals surface area contributed by atoms with Crippen LogP contribution in [0.15, 0.2) is 18.2 Å². The molecule has 1 saturated heterocycles. The third-order valence-corrected chi connectivity index (χ3v) is 6.03. The van der Waals surface area contributed by atoms with Crippen molar-refractivity contribution in [3.63, 3.8) is 0 Å². The van der Waals surface area contributed by atoms with Gasteiger partial charge in [-0.25, -0.2) is 4.39 Å². The average Bonchev–Trinajstić information content (AvgIpc) is 3.27. The third-order valence-electron chi connectivity index (χ3n) is 6.03. The molecule has 0 saturated carbocycles. The Bertz CT molecular complexity index is 1170. The minimum atomic E-state index is -1.02. The Morgan fingerprint density at radius 3 is 2.76 bits per heavy atom. The molecule has 0 aliphatic carbocycles. The largest absolute Gasteiger partial charge is 0.391 e. The van der Waals surface area contributed by atoms with E-state index in [4.69, 9.17) is 4.74 Å². The van der Waals surface area contributed by atoms with Crippen LogP contribution in [-0.4, -0.2) is 71.7 Å². The minimum Gasteiger partial charge on any atom is -0.391 e. The predicted molar refractivity (Wildman–Crippen MR) is 124 cm³/mol. The van der Waals surface area contributed by atoms with Crippen LogP contribution in [0.1, 0.15) is 39.3 Å². The molecule has 2 aliphatic heterocycles. The number of carbonyl (C=O) groups excluding carboxylic acids is 3. The van der Waals surface area contributed by atoms with Gasteiger partial charge in [-0.15, -0.1) is 0 Å². The van der Waals surface area contributed by atoms with Gasteiger partial charge < -0.3 is 30.4 Å². The second-order valence-electron chi connectivity index (χ2n) is 8.43. The molecule has 0 radical (unpaired) electrons. The lowest BCUT2D eigenvalue weighted by molar-refractivity contribution is -0.137. The van der Waals surface area contributed by atoms with E-state index in [0.717, 1.165) is 0 Å². The number of nitrogens with zero attached hydrogens (tertiary/aromatic N) is 1. The van der Waals surface area contributed by atoms with Gasteiger partial charge in [-0.3, -0.25) is 14.4 Å². The molecule has 0 spiro atoms. The molecule has 34 heavy (non-hydrogen) atoms. The van der Waals surface area contributed by atoms with Gasteiger partial charge in [-0.2, -0.15) is 0 Å². The first kappa shape index (κ1) is 23.7. The number of amides is 3. The Morgan fingerprint density at radius 1 is 1.29 bits per heavy atom. The molecule has 1 unspecified atom stereocenters. The summed E-state index contributed by atoms with van der Waals surface area (Å²) in [5.41, 5.74) is 3.40. The Balaban J connectivity index is 1.44. The number of aliphatic hydroxyl groups excluding tert-OH is 1. The van der Waals surface area contributed by atoms with Crippen LogP contribution >= 0.6 is 0 Å². The Morgan fingerprint density at radius 2 is 2.03 bits per heavy atom. The molecule has 3 amide bonds. The number of fused-ring (bicyclic) bond motifs is 1. The Hall–Kier alpha value is -3.50. The van der Waals surface area contributed by atoms with Gasteiger partial charge in [0.1, 0.15) is 5.82 Å². The second kappa shape index (κ2) is 9.78. The number of benzene rings is 1. The molecule has 1 aromatic heterocycles. The number of halogens is 1. The molecule has 1 atom stereocenters. The number of nitrogens with one attached hydrogen (secondary N) is 3. The highest BCUT2D eigenvalue weighted by Crippen LogP contribution is 2.34. The summed E-state index contributed by atoms with van der Waals surface area (Å²) in [7, 11) is 0. The van der Waals surface area contributed by atoms with E-state index in [1.54, 1.807) is 24.8 Å². The quantitative estimate of drug-likeness (QED) is 0.478. The van der Waals surface area contributed by atoms with Crippen molar-refractivity contribution < 1.29 is 28.6 Å². The second-order valence-corrected chi connectivity index (χ2v) is 8.43. The molecule has 0 bridgehead atoms. The lowest BCUT2D eigenvalue weighted by Gasteiger charge is -2.27. The van der Waals surface area contributed by atoms with Gasteiger partial charge in [-0.05, 0) is 43.7 Å². The summed E-state index contributed by atoms with van der Waals surface area (Å²) in [5.74, 6) is -1.40. The fourth-order valence-electron chi connectivity index (χ4n) is 4.22. The summed E-state index contributed by atoms with van der Waals surface area (Å²) >= 11 is 0.